The molecule has 5 nitrogen and oxygen atoms in total. The second kappa shape index (κ2) is 5.98. The molecule has 0 saturated carbocycles. The lowest BCUT2D eigenvalue weighted by molar-refractivity contribution is 0.559. The Labute approximate surface area is 88.6 Å². The van der Waals surface area contributed by atoms with E-state index in [0.29, 0.717) is 6.04 Å². The van der Waals surface area contributed by atoms with Crippen LogP contribution in [0.4, 0.5) is 0 Å². The second-order valence-corrected chi connectivity index (χ2v) is 4.33. The van der Waals surface area contributed by atoms with E-state index in [1.54, 1.807) is 16.4 Å². The highest BCUT2D eigenvalue weighted by atomic mass is 32.2. The smallest absolute Gasteiger partial charge is 0.209 e. The Morgan fingerprint density at radius 2 is 2.36 bits per heavy atom. The molecule has 1 heterocycles. The van der Waals surface area contributed by atoms with Crippen LogP contribution in [0.5, 0.6) is 0 Å². The molecule has 1 aromatic heterocycles. The van der Waals surface area contributed by atoms with Crippen LogP contribution in [0.2, 0.25) is 0 Å². The zero-order valence-corrected chi connectivity index (χ0v) is 9.71. The first-order valence-electron chi connectivity index (χ1n) is 4.76. The predicted octanol–water partition coefficient (Wildman–Crippen LogP) is 0.690. The summed E-state index contributed by atoms with van der Waals surface area (Å²) in [6.45, 7) is 2.19. The number of hydrogen-bond acceptors (Lipinski definition) is 5. The predicted molar refractivity (Wildman–Crippen MR) is 57.3 cm³/mol. The van der Waals surface area contributed by atoms with Gasteiger partial charge in [0, 0.05) is 18.8 Å². The van der Waals surface area contributed by atoms with Crippen molar-refractivity contribution >= 4 is 11.8 Å². The summed E-state index contributed by atoms with van der Waals surface area (Å²) in [6.07, 6.45) is 2.37. The molecular formula is C8H17N5S. The van der Waals surface area contributed by atoms with Gasteiger partial charge in [-0.15, -0.1) is 5.10 Å². The van der Waals surface area contributed by atoms with Crippen LogP contribution in [0.25, 0.3) is 0 Å². The van der Waals surface area contributed by atoms with Gasteiger partial charge in [-0.05, 0) is 37.2 Å². The summed E-state index contributed by atoms with van der Waals surface area (Å²) in [4.78, 5) is 0. The first-order valence-corrected chi connectivity index (χ1v) is 5.75. The maximum atomic E-state index is 3.90. The molecule has 1 rings (SSSR count). The Morgan fingerprint density at radius 3 is 2.93 bits per heavy atom. The average Bonchev–Trinajstić information content (AvgIpc) is 2.58. The highest BCUT2D eigenvalue weighted by Crippen LogP contribution is 2.14. The Balaban J connectivity index is 2.13. The van der Waals surface area contributed by atoms with Crippen LogP contribution in [0.15, 0.2) is 5.16 Å². The van der Waals surface area contributed by atoms with Crippen LogP contribution >= 0.6 is 11.8 Å². The van der Waals surface area contributed by atoms with Crippen molar-refractivity contribution in [1.29, 1.82) is 0 Å². The first-order chi connectivity index (χ1) is 6.74. The highest BCUT2D eigenvalue weighted by molar-refractivity contribution is 7.99. The van der Waals surface area contributed by atoms with Crippen molar-refractivity contribution in [3.8, 4) is 0 Å². The fourth-order valence-corrected chi connectivity index (χ4v) is 1.85. The lowest BCUT2D eigenvalue weighted by Gasteiger charge is -2.08. The van der Waals surface area contributed by atoms with E-state index in [0.717, 1.165) is 10.9 Å². The van der Waals surface area contributed by atoms with E-state index in [1.807, 2.05) is 14.1 Å². The molecular weight excluding hydrogens is 198 g/mol. The first kappa shape index (κ1) is 11.5. The Hall–Kier alpha value is -0.620. The minimum absolute atomic E-state index is 0.591. The quantitative estimate of drug-likeness (QED) is 0.559. The van der Waals surface area contributed by atoms with Crippen molar-refractivity contribution in [3.05, 3.63) is 0 Å². The number of tetrazole rings is 1. The molecule has 1 atom stereocenters. The molecule has 0 aromatic carbocycles. The van der Waals surface area contributed by atoms with Gasteiger partial charge in [0.1, 0.15) is 0 Å². The maximum Gasteiger partial charge on any atom is 0.209 e. The molecule has 0 bridgehead atoms. The van der Waals surface area contributed by atoms with E-state index in [4.69, 9.17) is 0 Å². The van der Waals surface area contributed by atoms with Crippen LogP contribution in [0.3, 0.4) is 0 Å². The summed E-state index contributed by atoms with van der Waals surface area (Å²) in [5.74, 6) is 1.07. The normalized spacial score (nSPS) is 13.1. The van der Waals surface area contributed by atoms with Gasteiger partial charge in [0.2, 0.25) is 5.16 Å². The van der Waals surface area contributed by atoms with Crippen molar-refractivity contribution in [2.75, 3.05) is 12.8 Å². The lowest BCUT2D eigenvalue weighted by atomic mass is 10.2. The summed E-state index contributed by atoms with van der Waals surface area (Å²) in [6, 6.07) is 0.591. The van der Waals surface area contributed by atoms with Crippen LogP contribution in [0.1, 0.15) is 19.8 Å². The van der Waals surface area contributed by atoms with Gasteiger partial charge < -0.3 is 5.32 Å². The molecule has 1 N–H and O–H groups in total. The van der Waals surface area contributed by atoms with E-state index in [1.165, 1.54) is 12.8 Å². The van der Waals surface area contributed by atoms with Crippen molar-refractivity contribution in [2.45, 2.75) is 31.0 Å². The number of aromatic nitrogens is 4. The minimum Gasteiger partial charge on any atom is -0.317 e. The molecule has 0 amide bonds. The summed E-state index contributed by atoms with van der Waals surface area (Å²) in [5, 5.41) is 15.4. The molecule has 0 radical (unpaired) electrons. The van der Waals surface area contributed by atoms with Crippen LogP contribution in [-0.4, -0.2) is 39.0 Å². The molecule has 80 valence electrons. The summed E-state index contributed by atoms with van der Waals surface area (Å²) in [7, 11) is 3.85. The number of aryl methyl sites for hydroxylation is 1. The molecule has 0 saturated heterocycles. The molecule has 1 aromatic rings. The van der Waals surface area contributed by atoms with Gasteiger partial charge in [-0.1, -0.05) is 11.8 Å². The minimum atomic E-state index is 0.591. The SMILES string of the molecule is CNC(C)CCCSc1nnnn1C. The zero-order chi connectivity index (χ0) is 10.4. The van der Waals surface area contributed by atoms with Gasteiger partial charge in [-0.2, -0.15) is 0 Å². The number of rotatable bonds is 6. The molecule has 14 heavy (non-hydrogen) atoms. The lowest BCUT2D eigenvalue weighted by Crippen LogP contribution is -2.20. The van der Waals surface area contributed by atoms with Gasteiger partial charge >= 0.3 is 0 Å². The summed E-state index contributed by atoms with van der Waals surface area (Å²) in [5.41, 5.74) is 0. The van der Waals surface area contributed by atoms with Crippen LogP contribution < -0.4 is 5.32 Å². The third-order valence-electron chi connectivity index (χ3n) is 2.09. The van der Waals surface area contributed by atoms with Gasteiger partial charge in [-0.3, -0.25) is 0 Å². The van der Waals surface area contributed by atoms with Crippen LogP contribution in [0, 0.1) is 0 Å². The molecule has 0 spiro atoms. The average molecular weight is 215 g/mol. The van der Waals surface area contributed by atoms with Gasteiger partial charge in [0.25, 0.3) is 0 Å². The Kier molecular flexibility index (Phi) is 4.89. The second-order valence-electron chi connectivity index (χ2n) is 3.27. The third-order valence-corrected chi connectivity index (χ3v) is 3.18. The largest absolute Gasteiger partial charge is 0.317 e. The van der Waals surface area contributed by atoms with Gasteiger partial charge in [-0.25, -0.2) is 4.68 Å². The molecule has 0 fully saturated rings. The Bertz CT molecular complexity index is 262. The summed E-state index contributed by atoms with van der Waals surface area (Å²) < 4.78 is 1.70. The van der Waals surface area contributed by atoms with E-state index in [9.17, 15) is 0 Å². The van der Waals surface area contributed by atoms with Gasteiger partial charge in [0.15, 0.2) is 0 Å². The third kappa shape index (κ3) is 3.63. The summed E-state index contributed by atoms with van der Waals surface area (Å²) >= 11 is 1.71. The molecule has 1 unspecified atom stereocenters. The monoisotopic (exact) mass is 215 g/mol. The highest BCUT2D eigenvalue weighted by Gasteiger charge is 2.03. The fraction of sp³-hybridized carbons (Fsp3) is 0.875. The number of hydrogen-bond donors (Lipinski definition) is 1. The standard InChI is InChI=1S/C8H17N5S/c1-7(9-2)5-4-6-14-8-10-11-12-13(8)3/h7,9H,4-6H2,1-3H3. The van der Waals surface area contributed by atoms with Crippen molar-refractivity contribution in [1.82, 2.24) is 25.5 Å². The van der Waals surface area contributed by atoms with Gasteiger partial charge in [0.05, 0.1) is 0 Å². The fourth-order valence-electron chi connectivity index (χ4n) is 1.04. The molecule has 0 aliphatic rings. The van der Waals surface area contributed by atoms with E-state index < -0.39 is 0 Å². The molecule has 0 aliphatic carbocycles. The van der Waals surface area contributed by atoms with Crippen molar-refractivity contribution < 1.29 is 0 Å². The van der Waals surface area contributed by atoms with Crippen molar-refractivity contribution in [2.24, 2.45) is 7.05 Å². The van der Waals surface area contributed by atoms with Crippen molar-refractivity contribution in [3.63, 3.8) is 0 Å². The maximum absolute atomic E-state index is 3.90. The van der Waals surface area contributed by atoms with E-state index in [2.05, 4.69) is 27.8 Å². The topological polar surface area (TPSA) is 55.6 Å². The number of nitrogens with one attached hydrogen (secondary N) is 1. The molecule has 0 aliphatic heterocycles. The van der Waals surface area contributed by atoms with Crippen LogP contribution in [-0.2, 0) is 7.05 Å². The zero-order valence-electron chi connectivity index (χ0n) is 8.90. The number of nitrogens with zero attached hydrogens (tertiary/aromatic N) is 4. The molecule has 6 heteroatoms. The van der Waals surface area contributed by atoms with E-state index in [-0.39, 0.29) is 0 Å². The number of thioether (sulfide) groups is 1. The van der Waals surface area contributed by atoms with E-state index >= 15 is 0 Å². The Morgan fingerprint density at radius 1 is 1.57 bits per heavy atom.